The van der Waals surface area contributed by atoms with Crippen LogP contribution in [0.2, 0.25) is 0 Å². The molecule has 0 atom stereocenters. The molecule has 0 saturated heterocycles. The van der Waals surface area contributed by atoms with E-state index in [9.17, 15) is 44.5 Å². The molecular weight excluding hydrogens is 687 g/mol. The molecule has 5 rings (SSSR count). The Hall–Kier alpha value is -4.96. The number of carbonyl (C=O) groups is 2. The summed E-state index contributed by atoms with van der Waals surface area (Å²) in [5.74, 6) is -3.36. The Balaban J connectivity index is 1.57. The maximum Gasteiger partial charge on any atom is 0.419 e. The lowest BCUT2D eigenvalue weighted by Crippen LogP contribution is -2.18. The number of alkyl halides is 6. The number of nitrogens with one attached hydrogen (secondary N) is 2. The van der Waals surface area contributed by atoms with Gasteiger partial charge in [0.15, 0.2) is 0 Å². The normalized spacial score (nSPS) is 11.8. The Bertz CT molecular complexity index is 2060. The molecule has 7 nitrogen and oxygen atoms in total. The minimum Gasteiger partial charge on any atom is -0.496 e. The van der Waals surface area contributed by atoms with Gasteiger partial charge in [0.05, 0.1) is 29.5 Å². The number of carbonyl (C=O) groups excluding carboxylic acids is 2. The van der Waals surface area contributed by atoms with Gasteiger partial charge in [0, 0.05) is 28.5 Å². The second-order valence-corrected chi connectivity index (χ2v) is 12.0. The number of ether oxygens (including phenoxy) is 1. The molecule has 0 bridgehead atoms. The zero-order valence-corrected chi connectivity index (χ0v) is 26.3. The van der Waals surface area contributed by atoms with E-state index in [-0.39, 0.29) is 43.8 Å². The minimum atomic E-state index is -5.07. The third-order valence-corrected chi connectivity index (χ3v) is 8.74. The summed E-state index contributed by atoms with van der Waals surface area (Å²) in [7, 11) is 2.91. The van der Waals surface area contributed by atoms with Crippen molar-refractivity contribution < 1.29 is 49.3 Å². The van der Waals surface area contributed by atoms with Crippen LogP contribution in [0.5, 0.6) is 5.75 Å². The first-order valence-electron chi connectivity index (χ1n) is 13.6. The number of nitrogens with zero attached hydrogens (tertiary/aromatic N) is 1. The third-order valence-electron chi connectivity index (χ3n) is 7.11. The van der Waals surface area contributed by atoms with E-state index in [0.717, 1.165) is 24.3 Å². The van der Waals surface area contributed by atoms with Gasteiger partial charge in [0.2, 0.25) is 0 Å². The van der Waals surface area contributed by atoms with Crippen molar-refractivity contribution in [3.63, 3.8) is 0 Å². The van der Waals surface area contributed by atoms with Crippen LogP contribution in [0.15, 0.2) is 78.9 Å². The number of benzene rings is 4. The first-order chi connectivity index (χ1) is 22.6. The van der Waals surface area contributed by atoms with Gasteiger partial charge in [-0.25, -0.2) is 8.60 Å². The van der Waals surface area contributed by atoms with Crippen LogP contribution in [-0.2, 0) is 24.2 Å². The quantitative estimate of drug-likeness (QED) is 0.111. The maximum atomic E-state index is 13.8. The molecule has 0 radical (unpaired) electrons. The summed E-state index contributed by atoms with van der Waals surface area (Å²) in [4.78, 5) is 26.9. The van der Waals surface area contributed by atoms with Crippen LogP contribution in [0.3, 0.4) is 0 Å². The topological polar surface area (TPSA) is 87.7 Å². The highest BCUT2D eigenvalue weighted by atomic mass is 32.2. The van der Waals surface area contributed by atoms with Crippen LogP contribution in [0, 0.1) is 5.82 Å². The molecular formula is C32H22F7N3O4S2. The molecule has 48 heavy (non-hydrogen) atoms. The number of rotatable bonds is 8. The Morgan fingerprint density at radius 2 is 1.56 bits per heavy atom. The van der Waals surface area contributed by atoms with E-state index in [1.54, 1.807) is 37.4 Å². The number of methoxy groups -OCH3 is 1. The second-order valence-electron chi connectivity index (χ2n) is 10.2. The summed E-state index contributed by atoms with van der Waals surface area (Å²) in [6, 6.07) is 15.9. The molecule has 2 N–H and O–H groups in total. The van der Waals surface area contributed by atoms with Crippen LogP contribution in [-0.4, -0.2) is 30.2 Å². The number of hydrogen-bond donors (Lipinski definition) is 3. The summed E-state index contributed by atoms with van der Waals surface area (Å²) >= 11 is 0.311. The van der Waals surface area contributed by atoms with Gasteiger partial charge in [0.1, 0.15) is 28.3 Å². The molecule has 16 heteroatoms. The molecule has 0 aliphatic heterocycles. The van der Waals surface area contributed by atoms with Gasteiger partial charge in [-0.1, -0.05) is 24.3 Å². The van der Waals surface area contributed by atoms with E-state index in [1.807, 2.05) is 0 Å². The highest BCUT2D eigenvalue weighted by Crippen LogP contribution is 2.41. The molecule has 0 fully saturated rings. The maximum absolute atomic E-state index is 13.8. The van der Waals surface area contributed by atoms with Crippen molar-refractivity contribution in [3.8, 4) is 16.9 Å². The number of hydrogen-bond acceptors (Lipinski definition) is 5. The lowest BCUT2D eigenvalue weighted by Gasteiger charge is -2.15. The number of fused-ring (bicyclic) bond motifs is 1. The smallest absolute Gasteiger partial charge is 0.419 e. The van der Waals surface area contributed by atoms with Crippen LogP contribution in [0.1, 0.15) is 31.2 Å². The molecule has 1 aromatic heterocycles. The molecule has 1 heterocycles. The monoisotopic (exact) mass is 709 g/mol. The highest BCUT2D eigenvalue weighted by molar-refractivity contribution is 7.67. The Morgan fingerprint density at radius 3 is 2.23 bits per heavy atom. The zero-order chi connectivity index (χ0) is 35.0. The Kier molecular flexibility index (Phi) is 9.51. The molecule has 0 spiro atoms. The molecule has 0 unspecified atom stereocenters. The minimum absolute atomic E-state index is 0.0262. The Morgan fingerprint density at radius 1 is 0.833 bits per heavy atom. The lowest BCUT2D eigenvalue weighted by molar-refractivity contribution is -0.140. The van der Waals surface area contributed by atoms with Gasteiger partial charge in [-0.2, -0.15) is 26.3 Å². The largest absolute Gasteiger partial charge is 0.496 e. The number of anilines is 3. The van der Waals surface area contributed by atoms with Crippen molar-refractivity contribution in [2.75, 3.05) is 29.1 Å². The van der Waals surface area contributed by atoms with Crippen molar-refractivity contribution in [2.24, 2.45) is 0 Å². The van der Waals surface area contributed by atoms with Gasteiger partial charge in [-0.15, -0.1) is 11.3 Å². The number of thiol groups is 1. The second kappa shape index (κ2) is 13.3. The van der Waals surface area contributed by atoms with E-state index in [4.69, 9.17) is 4.74 Å². The van der Waals surface area contributed by atoms with Gasteiger partial charge in [-0.05, 0) is 65.7 Å². The van der Waals surface area contributed by atoms with Crippen LogP contribution < -0.4 is 19.7 Å². The Labute approximate surface area is 275 Å². The van der Waals surface area contributed by atoms with Crippen molar-refractivity contribution in [1.29, 1.82) is 0 Å². The SMILES string of the molecule is COc1ccc(-c2cccc(N(C)[SH]=O)c2)cc1C(=O)Nc1c(C(=O)Nc2ccc(F)c(C(F)(F)F)c2)sc2cc(C(F)(F)F)ccc12. The summed E-state index contributed by atoms with van der Waals surface area (Å²) < 4.78 is 112. The van der Waals surface area contributed by atoms with E-state index in [0.29, 0.717) is 40.3 Å². The average molecular weight is 710 g/mol. The van der Waals surface area contributed by atoms with Crippen molar-refractivity contribution in [2.45, 2.75) is 12.4 Å². The standard InChI is InChI=1S/C32H22F7N3O4S2/c1-42(48-45)20-5-3-4-16(12-20)17-6-11-25(46-2)22(13-17)29(43)41-27-21-9-7-18(31(34,35)36)14-26(21)47-28(27)30(44)40-19-8-10-24(33)23(15-19)32(37,38)39/h3-15,48H,1-2H3,(H,40,44)(H,41,43). The van der Waals surface area contributed by atoms with Gasteiger partial charge < -0.3 is 15.4 Å². The first kappa shape index (κ1) is 34.4. The predicted molar refractivity (Wildman–Crippen MR) is 171 cm³/mol. The number of thiophene rings is 1. The summed E-state index contributed by atoms with van der Waals surface area (Å²) in [5.41, 5.74) is -1.58. The van der Waals surface area contributed by atoms with Crippen LogP contribution >= 0.6 is 11.3 Å². The van der Waals surface area contributed by atoms with Crippen molar-refractivity contribution in [1.82, 2.24) is 0 Å². The van der Waals surface area contributed by atoms with Gasteiger partial charge in [-0.3, -0.25) is 13.9 Å². The number of amides is 2. The molecule has 5 aromatic rings. The number of halogens is 7. The van der Waals surface area contributed by atoms with E-state index in [1.165, 1.54) is 23.5 Å². The molecule has 0 aliphatic rings. The van der Waals surface area contributed by atoms with Gasteiger partial charge in [0.25, 0.3) is 11.8 Å². The van der Waals surface area contributed by atoms with Crippen LogP contribution in [0.25, 0.3) is 21.2 Å². The van der Waals surface area contributed by atoms with E-state index in [2.05, 4.69) is 10.6 Å². The van der Waals surface area contributed by atoms with Crippen molar-refractivity contribution >= 4 is 62.2 Å². The summed E-state index contributed by atoms with van der Waals surface area (Å²) in [5, 5.41) is 4.83. The predicted octanol–water partition coefficient (Wildman–Crippen LogP) is 8.55. The van der Waals surface area contributed by atoms with E-state index >= 15 is 0 Å². The molecule has 250 valence electrons. The zero-order valence-electron chi connectivity index (χ0n) is 24.6. The summed E-state index contributed by atoms with van der Waals surface area (Å²) in [6.45, 7) is 0. The average Bonchev–Trinajstić information content (AvgIpc) is 3.41. The van der Waals surface area contributed by atoms with Crippen molar-refractivity contribution in [3.05, 3.63) is 106 Å². The van der Waals surface area contributed by atoms with Crippen LogP contribution in [0.4, 0.5) is 47.8 Å². The lowest BCUT2D eigenvalue weighted by atomic mass is 10.0. The molecule has 2 amide bonds. The summed E-state index contributed by atoms with van der Waals surface area (Å²) in [6.07, 6.45) is -9.81. The molecule has 0 aliphatic carbocycles. The van der Waals surface area contributed by atoms with E-state index < -0.39 is 46.8 Å². The molecule has 0 saturated carbocycles. The fourth-order valence-electron chi connectivity index (χ4n) is 4.74. The first-order valence-corrected chi connectivity index (χ1v) is 15.2. The fraction of sp³-hybridized carbons (Fsp3) is 0.125. The molecule has 4 aromatic carbocycles. The van der Waals surface area contributed by atoms with Gasteiger partial charge >= 0.3 is 12.4 Å². The highest BCUT2D eigenvalue weighted by Gasteiger charge is 2.35. The fourth-order valence-corrected chi connectivity index (χ4v) is 6.06. The third kappa shape index (κ3) is 7.13.